The molecular weight excluding hydrogens is 322 g/mol. The molecule has 0 radical (unpaired) electrons. The Labute approximate surface area is 148 Å². The Morgan fingerprint density at radius 3 is 2.54 bits per heavy atom. The highest BCUT2D eigenvalue weighted by Crippen LogP contribution is 2.33. The van der Waals surface area contributed by atoms with E-state index in [1.807, 2.05) is 49.1 Å². The Morgan fingerprint density at radius 1 is 1.25 bits per heavy atom. The Hall–Kier alpha value is -2.00. The number of carbonyl (C=O) groups excluding carboxylic acids is 1. The first kappa shape index (κ1) is 16.8. The minimum atomic E-state index is -0.557. The van der Waals surface area contributed by atoms with Gasteiger partial charge in [0.05, 0.1) is 0 Å². The van der Waals surface area contributed by atoms with E-state index in [1.165, 1.54) is 5.56 Å². The lowest BCUT2D eigenvalue weighted by atomic mass is 10.1. The number of rotatable bonds is 3. The predicted molar refractivity (Wildman–Crippen MR) is 98.1 cm³/mol. The van der Waals surface area contributed by atoms with Gasteiger partial charge in [-0.2, -0.15) is 0 Å². The molecule has 0 aromatic heterocycles. The Balaban J connectivity index is 1.81. The third kappa shape index (κ3) is 3.01. The van der Waals surface area contributed by atoms with Crippen LogP contribution in [0, 0.1) is 13.8 Å². The fourth-order valence-corrected chi connectivity index (χ4v) is 3.44. The molecule has 0 saturated carbocycles. The third-order valence-electron chi connectivity index (χ3n) is 4.52. The molecule has 2 aromatic rings. The van der Waals surface area contributed by atoms with E-state index >= 15 is 0 Å². The Bertz CT molecular complexity index is 764. The minimum Gasteiger partial charge on any atom is -0.481 e. The largest absolute Gasteiger partial charge is 0.481 e. The number of anilines is 1. The minimum absolute atomic E-state index is 0.0160. The summed E-state index contributed by atoms with van der Waals surface area (Å²) in [4.78, 5) is 14.8. The molecule has 0 spiro atoms. The molecule has 0 unspecified atom stereocenters. The van der Waals surface area contributed by atoms with Gasteiger partial charge in [0, 0.05) is 16.8 Å². The van der Waals surface area contributed by atoms with Crippen molar-refractivity contribution in [3.63, 3.8) is 0 Å². The highest BCUT2D eigenvalue weighted by Gasteiger charge is 2.33. The van der Waals surface area contributed by atoms with Crippen molar-refractivity contribution in [3.8, 4) is 5.75 Å². The number of nitrogens with zero attached hydrogens (tertiary/aromatic N) is 1. The molecule has 0 saturated heterocycles. The van der Waals surface area contributed by atoms with Crippen molar-refractivity contribution in [1.29, 1.82) is 0 Å². The van der Waals surface area contributed by atoms with E-state index in [2.05, 4.69) is 13.0 Å². The second kappa shape index (κ2) is 6.48. The molecule has 4 heteroatoms. The van der Waals surface area contributed by atoms with Crippen LogP contribution in [0.4, 0.5) is 5.69 Å². The average molecular weight is 344 g/mol. The lowest BCUT2D eigenvalue weighted by Crippen LogP contribution is -2.43. The SMILES string of the molecule is Cc1cc(O[C@H](C)C(=O)N2c3ccccc3C[C@@H]2C)cc(C)c1Cl. The number of amides is 1. The molecule has 24 heavy (non-hydrogen) atoms. The van der Waals surface area contributed by atoms with E-state index in [1.54, 1.807) is 6.92 Å². The number of fused-ring (bicyclic) bond motifs is 1. The normalized spacial score (nSPS) is 17.5. The van der Waals surface area contributed by atoms with Gasteiger partial charge in [0.2, 0.25) is 0 Å². The van der Waals surface area contributed by atoms with Gasteiger partial charge in [-0.1, -0.05) is 29.8 Å². The molecule has 1 heterocycles. The zero-order valence-electron chi connectivity index (χ0n) is 14.5. The van der Waals surface area contributed by atoms with E-state index in [9.17, 15) is 4.79 Å². The zero-order chi connectivity index (χ0) is 17.4. The lowest BCUT2D eigenvalue weighted by molar-refractivity contribution is -0.124. The molecule has 2 aromatic carbocycles. The number of halogens is 1. The lowest BCUT2D eigenvalue weighted by Gasteiger charge is -2.26. The van der Waals surface area contributed by atoms with Crippen LogP contribution in [0.3, 0.4) is 0 Å². The van der Waals surface area contributed by atoms with Crippen LogP contribution in [-0.4, -0.2) is 18.1 Å². The molecule has 0 bridgehead atoms. The van der Waals surface area contributed by atoms with Crippen LogP contribution in [0.1, 0.15) is 30.5 Å². The number of hydrogen-bond donors (Lipinski definition) is 0. The van der Waals surface area contributed by atoms with Crippen molar-refractivity contribution in [2.75, 3.05) is 4.90 Å². The summed E-state index contributed by atoms with van der Waals surface area (Å²) in [6.45, 7) is 7.75. The summed E-state index contributed by atoms with van der Waals surface area (Å²) in [5.41, 5.74) is 4.11. The molecule has 1 aliphatic rings. The summed E-state index contributed by atoms with van der Waals surface area (Å²) in [7, 11) is 0. The molecule has 0 aliphatic carbocycles. The molecule has 2 atom stereocenters. The maximum absolute atomic E-state index is 12.9. The number of carbonyl (C=O) groups is 1. The number of hydrogen-bond acceptors (Lipinski definition) is 2. The molecule has 1 amide bonds. The van der Waals surface area contributed by atoms with E-state index in [0.717, 1.165) is 28.3 Å². The number of para-hydroxylation sites is 1. The van der Waals surface area contributed by atoms with Gasteiger partial charge >= 0.3 is 0 Å². The van der Waals surface area contributed by atoms with Crippen LogP contribution in [0.2, 0.25) is 5.02 Å². The predicted octanol–water partition coefficient (Wildman–Crippen LogP) is 4.70. The monoisotopic (exact) mass is 343 g/mol. The smallest absolute Gasteiger partial charge is 0.268 e. The number of ether oxygens (including phenoxy) is 1. The van der Waals surface area contributed by atoms with Gasteiger partial charge in [0.15, 0.2) is 6.10 Å². The second-order valence-corrected chi connectivity index (χ2v) is 6.90. The summed E-state index contributed by atoms with van der Waals surface area (Å²) in [5, 5.41) is 0.739. The Morgan fingerprint density at radius 2 is 1.88 bits per heavy atom. The van der Waals surface area contributed by atoms with Crippen LogP contribution >= 0.6 is 11.6 Å². The first-order chi connectivity index (χ1) is 11.4. The van der Waals surface area contributed by atoms with E-state index in [4.69, 9.17) is 16.3 Å². The zero-order valence-corrected chi connectivity index (χ0v) is 15.2. The van der Waals surface area contributed by atoms with Gasteiger partial charge in [-0.05, 0) is 69.0 Å². The molecule has 126 valence electrons. The van der Waals surface area contributed by atoms with Gasteiger partial charge in [-0.25, -0.2) is 0 Å². The van der Waals surface area contributed by atoms with Crippen molar-refractivity contribution in [2.24, 2.45) is 0 Å². The van der Waals surface area contributed by atoms with Crippen LogP contribution in [0.15, 0.2) is 36.4 Å². The van der Waals surface area contributed by atoms with Crippen LogP contribution in [-0.2, 0) is 11.2 Å². The van der Waals surface area contributed by atoms with Gasteiger partial charge in [-0.3, -0.25) is 4.79 Å². The standard InChI is InChI=1S/C20H22ClNO2/c1-12-9-17(10-13(2)19(12)21)24-15(4)20(23)22-14(3)11-16-7-5-6-8-18(16)22/h5-10,14-15H,11H2,1-4H3/t14-,15+/m0/s1. The Kier molecular flexibility index (Phi) is 4.55. The van der Waals surface area contributed by atoms with Crippen LogP contribution in [0.25, 0.3) is 0 Å². The first-order valence-corrected chi connectivity index (χ1v) is 8.60. The topological polar surface area (TPSA) is 29.5 Å². The fourth-order valence-electron chi connectivity index (χ4n) is 3.33. The summed E-state index contributed by atoms with van der Waals surface area (Å²) < 4.78 is 5.92. The van der Waals surface area contributed by atoms with Gasteiger partial charge in [0.1, 0.15) is 5.75 Å². The van der Waals surface area contributed by atoms with Gasteiger partial charge in [-0.15, -0.1) is 0 Å². The second-order valence-electron chi connectivity index (χ2n) is 6.52. The molecule has 3 nitrogen and oxygen atoms in total. The average Bonchev–Trinajstić information content (AvgIpc) is 2.87. The van der Waals surface area contributed by atoms with Crippen molar-refractivity contribution in [1.82, 2.24) is 0 Å². The van der Waals surface area contributed by atoms with Crippen molar-refractivity contribution >= 4 is 23.2 Å². The molecule has 0 N–H and O–H groups in total. The van der Waals surface area contributed by atoms with Crippen molar-refractivity contribution in [3.05, 3.63) is 58.1 Å². The molecule has 1 aliphatic heterocycles. The molecule has 0 fully saturated rings. The fraction of sp³-hybridized carbons (Fsp3) is 0.350. The van der Waals surface area contributed by atoms with Crippen LogP contribution < -0.4 is 9.64 Å². The highest BCUT2D eigenvalue weighted by molar-refractivity contribution is 6.32. The molecule has 3 rings (SSSR count). The van der Waals surface area contributed by atoms with E-state index in [0.29, 0.717) is 5.75 Å². The third-order valence-corrected chi connectivity index (χ3v) is 5.11. The maximum atomic E-state index is 12.9. The summed E-state index contributed by atoms with van der Waals surface area (Å²) in [5.74, 6) is 0.660. The number of aryl methyl sites for hydroxylation is 2. The quantitative estimate of drug-likeness (QED) is 0.808. The first-order valence-electron chi connectivity index (χ1n) is 8.23. The highest BCUT2D eigenvalue weighted by atomic mass is 35.5. The van der Waals surface area contributed by atoms with Gasteiger partial charge < -0.3 is 9.64 Å². The van der Waals surface area contributed by atoms with Crippen molar-refractivity contribution in [2.45, 2.75) is 46.3 Å². The van der Waals surface area contributed by atoms with Crippen molar-refractivity contribution < 1.29 is 9.53 Å². The summed E-state index contributed by atoms with van der Waals surface area (Å²) >= 11 is 6.20. The van der Waals surface area contributed by atoms with Crippen LogP contribution in [0.5, 0.6) is 5.75 Å². The summed E-state index contributed by atoms with van der Waals surface area (Å²) in [6, 6.07) is 12.0. The van der Waals surface area contributed by atoms with E-state index < -0.39 is 6.10 Å². The van der Waals surface area contributed by atoms with Gasteiger partial charge in [0.25, 0.3) is 5.91 Å². The number of benzene rings is 2. The molecular formula is C20H22ClNO2. The summed E-state index contributed by atoms with van der Waals surface area (Å²) in [6.07, 6.45) is 0.326. The van der Waals surface area contributed by atoms with E-state index in [-0.39, 0.29) is 11.9 Å². The maximum Gasteiger partial charge on any atom is 0.268 e.